The number of urea groups is 5. The average molecular weight is 1230 g/mol. The van der Waals surface area contributed by atoms with Crippen LogP contribution in [0, 0.1) is 0 Å². The SMILES string of the molecule is CCOCCOCCCC(=O)N(CCCNC(=O)N(CCCCC(=O)N(CCCN)CCCN)CCCNC(=O)N(CCCN)CCCN)CCCNC(=O)N(CCCNC(=O)N(CCCN)CCCN)CCCNC(=O)N(CCCN)CCCN. The summed E-state index contributed by atoms with van der Waals surface area (Å²) in [6, 6.07) is -1.25. The second-order valence-corrected chi connectivity index (χ2v) is 21.1. The lowest BCUT2D eigenvalue weighted by molar-refractivity contribution is -0.132. The smallest absolute Gasteiger partial charge is 0.317 e. The van der Waals surface area contributed by atoms with E-state index in [0.29, 0.717) is 299 Å². The van der Waals surface area contributed by atoms with Crippen LogP contribution in [0.1, 0.15) is 122 Å². The first-order valence-electron chi connectivity index (χ1n) is 32.3. The molecule has 21 N–H and O–H groups in total. The Kier molecular flexibility index (Phi) is 54.2. The minimum Gasteiger partial charge on any atom is -0.379 e. The van der Waals surface area contributed by atoms with Crippen molar-refractivity contribution in [2.24, 2.45) is 45.9 Å². The highest BCUT2D eigenvalue weighted by Gasteiger charge is 2.21. The minimum absolute atomic E-state index is 0.0304. The monoisotopic (exact) mass is 1230 g/mol. The van der Waals surface area contributed by atoms with E-state index in [2.05, 4.69) is 26.6 Å². The van der Waals surface area contributed by atoms with Gasteiger partial charge in [0.1, 0.15) is 0 Å². The quantitative estimate of drug-likeness (QED) is 0.0340. The highest BCUT2D eigenvalue weighted by Crippen LogP contribution is 2.08. The molecule has 86 heavy (non-hydrogen) atoms. The van der Waals surface area contributed by atoms with E-state index < -0.39 is 0 Å². The maximum Gasteiger partial charge on any atom is 0.317 e. The van der Waals surface area contributed by atoms with E-state index >= 15 is 0 Å². The summed E-state index contributed by atoms with van der Waals surface area (Å²) in [5.41, 5.74) is 45.8. The van der Waals surface area contributed by atoms with Crippen molar-refractivity contribution in [3.8, 4) is 0 Å². The van der Waals surface area contributed by atoms with Crippen LogP contribution in [-0.4, -0.2) is 279 Å². The lowest BCUT2D eigenvalue weighted by Crippen LogP contribution is -2.46. The van der Waals surface area contributed by atoms with Gasteiger partial charge in [-0.05, 0) is 162 Å². The largest absolute Gasteiger partial charge is 0.379 e. The van der Waals surface area contributed by atoms with Crippen LogP contribution in [0.25, 0.3) is 0 Å². The highest BCUT2D eigenvalue weighted by molar-refractivity contribution is 5.78. The first-order valence-corrected chi connectivity index (χ1v) is 32.3. The molecule has 0 rings (SSSR count). The second kappa shape index (κ2) is 57.6. The van der Waals surface area contributed by atoms with Crippen LogP contribution in [0.3, 0.4) is 0 Å². The third kappa shape index (κ3) is 42.7. The second-order valence-electron chi connectivity index (χ2n) is 21.1. The number of ether oxygens (including phenoxy) is 2. The Morgan fingerprint density at radius 3 is 0.756 bits per heavy atom. The van der Waals surface area contributed by atoms with Crippen molar-refractivity contribution in [1.82, 2.24) is 60.9 Å². The molecule has 0 bridgehead atoms. The van der Waals surface area contributed by atoms with Crippen LogP contribution in [-0.2, 0) is 19.1 Å². The van der Waals surface area contributed by atoms with E-state index in [0.717, 1.165) is 0 Å². The molecule has 29 heteroatoms. The summed E-state index contributed by atoms with van der Waals surface area (Å²) in [6.45, 7) is 15.3. The molecule has 0 atom stereocenters. The fourth-order valence-corrected chi connectivity index (χ4v) is 9.02. The Hall–Kier alpha value is -5.11. The van der Waals surface area contributed by atoms with Crippen LogP contribution in [0.5, 0.6) is 0 Å². The zero-order valence-corrected chi connectivity index (χ0v) is 53.1. The number of hydrogen-bond acceptors (Lipinski definition) is 17. The molecule has 29 nitrogen and oxygen atoms in total. The molecule has 0 radical (unpaired) electrons. The van der Waals surface area contributed by atoms with Crippen molar-refractivity contribution in [1.29, 1.82) is 0 Å². The number of nitrogens with two attached hydrogens (primary N) is 8. The van der Waals surface area contributed by atoms with Crippen LogP contribution in [0.4, 0.5) is 24.0 Å². The van der Waals surface area contributed by atoms with Gasteiger partial charge in [-0.25, -0.2) is 24.0 Å². The van der Waals surface area contributed by atoms with Gasteiger partial charge in [0.05, 0.1) is 13.2 Å². The summed E-state index contributed by atoms with van der Waals surface area (Å²) >= 11 is 0. The number of nitrogens with zero attached hydrogens (tertiary/aromatic N) is 7. The summed E-state index contributed by atoms with van der Waals surface area (Å²) < 4.78 is 11.0. The molecular weight excluding hydrogens is 1110 g/mol. The van der Waals surface area contributed by atoms with E-state index in [4.69, 9.17) is 55.3 Å². The number of carbonyl (C=O) groups excluding carboxylic acids is 7. The zero-order chi connectivity index (χ0) is 63.7. The molecule has 504 valence electrons. The molecule has 0 unspecified atom stereocenters. The van der Waals surface area contributed by atoms with Crippen LogP contribution in [0.2, 0.25) is 0 Å². The Labute approximate surface area is 515 Å². The van der Waals surface area contributed by atoms with Crippen LogP contribution >= 0.6 is 0 Å². The summed E-state index contributed by atoms with van der Waals surface area (Å²) in [6.07, 6.45) is 9.91. The standard InChI is InChI=1S/C57H122N20O9/c1-2-85-49-50-86-48-5-20-52(79)72(43-14-29-66-53(80)73(34-4-3-19-51(78)71(35-6-21-58)36-7-22-59)45-16-31-68-54(81)74(37-8-23-60)38-9-24-61)44-15-30-67-57(84)77(46-17-32-69-55(82)75(39-10-25-62)40-11-26-63)47-18-33-70-56(83)76(41-12-27-64)42-13-28-65/h2-50,58-65H2,1H3,(H,66,80)(H,67,84)(H,68,81)(H,69,82)(H,70,83). The van der Waals surface area contributed by atoms with Crippen LogP contribution < -0.4 is 72.5 Å². The molecule has 0 spiro atoms. The first kappa shape index (κ1) is 80.9. The number of carbonyl (C=O) groups is 7. The average Bonchev–Trinajstić information content (AvgIpc) is 3.58. The number of hydrogen-bond donors (Lipinski definition) is 13. The van der Waals surface area contributed by atoms with Gasteiger partial charge in [-0.2, -0.15) is 0 Å². The molecule has 0 heterocycles. The topological polar surface area (TPSA) is 429 Å². The van der Waals surface area contributed by atoms with E-state index in [1.807, 2.05) is 11.8 Å². The number of unbranched alkanes of at least 4 members (excludes halogenated alkanes) is 1. The summed E-state index contributed by atoms with van der Waals surface area (Å²) in [5, 5.41) is 15.0. The summed E-state index contributed by atoms with van der Waals surface area (Å²) in [4.78, 5) is 106. The van der Waals surface area contributed by atoms with Gasteiger partial charge < -0.3 is 116 Å². The lowest BCUT2D eigenvalue weighted by atomic mass is 10.2. The number of amides is 12. The molecule has 0 fully saturated rings. The fourth-order valence-electron chi connectivity index (χ4n) is 9.02. The lowest BCUT2D eigenvalue weighted by Gasteiger charge is -2.27. The highest BCUT2D eigenvalue weighted by atomic mass is 16.5. The van der Waals surface area contributed by atoms with E-state index in [1.165, 1.54) is 0 Å². The molecular formula is C57H122N20O9. The molecule has 0 saturated heterocycles. The molecule has 12 amide bonds. The van der Waals surface area contributed by atoms with Gasteiger partial charge in [0.25, 0.3) is 0 Å². The molecule has 0 aliphatic rings. The van der Waals surface area contributed by atoms with E-state index in [1.54, 1.807) is 29.4 Å². The molecule has 0 saturated carbocycles. The van der Waals surface area contributed by atoms with Gasteiger partial charge in [-0.15, -0.1) is 0 Å². The maximum absolute atomic E-state index is 13.9. The van der Waals surface area contributed by atoms with Gasteiger partial charge in [0.15, 0.2) is 0 Å². The maximum atomic E-state index is 13.9. The van der Waals surface area contributed by atoms with Gasteiger partial charge >= 0.3 is 30.2 Å². The van der Waals surface area contributed by atoms with Crippen LogP contribution in [0.15, 0.2) is 0 Å². The Balaban J connectivity index is 6.08. The number of nitrogens with one attached hydrogen (secondary N) is 5. The molecule has 0 aromatic carbocycles. The Morgan fingerprint density at radius 2 is 0.488 bits per heavy atom. The van der Waals surface area contributed by atoms with Crippen molar-refractivity contribution in [3.63, 3.8) is 0 Å². The normalized spacial score (nSPS) is 11.0. The van der Waals surface area contributed by atoms with Crippen molar-refractivity contribution in [2.75, 3.05) is 203 Å². The minimum atomic E-state index is -0.315. The molecule has 0 aliphatic carbocycles. The Bertz CT molecular complexity index is 1500. The van der Waals surface area contributed by atoms with Gasteiger partial charge in [-0.3, -0.25) is 9.59 Å². The summed E-state index contributed by atoms with van der Waals surface area (Å²) in [7, 11) is 0. The predicted octanol–water partition coefficient (Wildman–Crippen LogP) is -0.554. The fraction of sp³-hybridized carbons (Fsp3) is 0.877. The van der Waals surface area contributed by atoms with Gasteiger partial charge in [-0.1, -0.05) is 0 Å². The van der Waals surface area contributed by atoms with Crippen molar-refractivity contribution < 1.29 is 43.0 Å². The van der Waals surface area contributed by atoms with Crippen molar-refractivity contribution in [2.45, 2.75) is 122 Å². The van der Waals surface area contributed by atoms with E-state index in [9.17, 15) is 33.6 Å². The van der Waals surface area contributed by atoms with Crippen molar-refractivity contribution in [3.05, 3.63) is 0 Å². The molecule has 0 aromatic rings. The summed E-state index contributed by atoms with van der Waals surface area (Å²) in [5.74, 6) is -0.0497. The first-order chi connectivity index (χ1) is 41.8. The predicted molar refractivity (Wildman–Crippen MR) is 341 cm³/mol. The van der Waals surface area contributed by atoms with Gasteiger partial charge in [0.2, 0.25) is 11.8 Å². The third-order valence-electron chi connectivity index (χ3n) is 13.9. The Morgan fingerprint density at radius 1 is 0.267 bits per heavy atom. The third-order valence-corrected chi connectivity index (χ3v) is 13.9. The number of rotatable bonds is 57. The molecule has 0 aromatic heterocycles. The zero-order valence-electron chi connectivity index (χ0n) is 53.1. The molecule has 0 aliphatic heterocycles. The van der Waals surface area contributed by atoms with Gasteiger partial charge in [0, 0.05) is 150 Å². The van der Waals surface area contributed by atoms with E-state index in [-0.39, 0.29) is 61.5 Å². The van der Waals surface area contributed by atoms with Crippen molar-refractivity contribution >= 4 is 42.0 Å².